The van der Waals surface area contributed by atoms with Crippen molar-refractivity contribution >= 4 is 17.5 Å². The Morgan fingerprint density at radius 2 is 2.44 bits per heavy atom. The van der Waals surface area contributed by atoms with E-state index in [1.54, 1.807) is 12.3 Å². The average molecular weight is 272 g/mol. The van der Waals surface area contributed by atoms with Gasteiger partial charge in [-0.3, -0.25) is 15.2 Å². The van der Waals surface area contributed by atoms with E-state index >= 15 is 0 Å². The van der Waals surface area contributed by atoms with Gasteiger partial charge in [0.1, 0.15) is 18.5 Å². The van der Waals surface area contributed by atoms with E-state index in [4.69, 9.17) is 26.9 Å². The second-order valence-corrected chi connectivity index (χ2v) is 4.42. The van der Waals surface area contributed by atoms with Gasteiger partial charge in [0.2, 0.25) is 0 Å². The van der Waals surface area contributed by atoms with Crippen molar-refractivity contribution in [1.29, 1.82) is 0 Å². The molecular formula is C11H14ClN3O3. The molecule has 1 amide bonds. The fourth-order valence-corrected chi connectivity index (χ4v) is 1.94. The number of aromatic nitrogens is 1. The SMILES string of the molecule is NNC(=O)C1CCC(COc2cncc(Cl)c2)O1. The van der Waals surface area contributed by atoms with Crippen LogP contribution in [0.4, 0.5) is 0 Å². The Hall–Kier alpha value is -1.37. The maximum atomic E-state index is 11.2. The number of ether oxygens (including phenoxy) is 2. The molecule has 18 heavy (non-hydrogen) atoms. The molecule has 7 heteroatoms. The second kappa shape index (κ2) is 5.99. The van der Waals surface area contributed by atoms with Crippen LogP contribution in [0.1, 0.15) is 12.8 Å². The maximum absolute atomic E-state index is 11.2. The summed E-state index contributed by atoms with van der Waals surface area (Å²) in [7, 11) is 0. The molecule has 0 radical (unpaired) electrons. The molecule has 0 bridgehead atoms. The smallest absolute Gasteiger partial charge is 0.263 e. The van der Waals surface area contributed by atoms with Gasteiger partial charge in [-0.15, -0.1) is 0 Å². The van der Waals surface area contributed by atoms with Gasteiger partial charge in [-0.1, -0.05) is 11.6 Å². The van der Waals surface area contributed by atoms with Crippen LogP contribution >= 0.6 is 11.6 Å². The minimum atomic E-state index is -0.485. The summed E-state index contributed by atoms with van der Waals surface area (Å²) in [6.45, 7) is 0.358. The molecule has 0 saturated carbocycles. The van der Waals surface area contributed by atoms with Crippen LogP contribution in [0.15, 0.2) is 18.5 Å². The van der Waals surface area contributed by atoms with Gasteiger partial charge >= 0.3 is 0 Å². The van der Waals surface area contributed by atoms with Crippen molar-refractivity contribution < 1.29 is 14.3 Å². The van der Waals surface area contributed by atoms with Crippen LogP contribution in [0.3, 0.4) is 0 Å². The first-order valence-electron chi connectivity index (χ1n) is 5.58. The first-order chi connectivity index (χ1) is 8.69. The molecule has 1 aliphatic rings. The van der Waals surface area contributed by atoms with Crippen molar-refractivity contribution in [2.24, 2.45) is 5.84 Å². The highest BCUT2D eigenvalue weighted by atomic mass is 35.5. The lowest BCUT2D eigenvalue weighted by molar-refractivity contribution is -0.132. The van der Waals surface area contributed by atoms with Crippen LogP contribution in [0, 0.1) is 0 Å². The molecule has 98 valence electrons. The zero-order valence-corrected chi connectivity index (χ0v) is 10.4. The molecule has 2 unspecified atom stereocenters. The number of rotatable bonds is 4. The quantitative estimate of drug-likeness (QED) is 0.477. The molecule has 3 N–H and O–H groups in total. The number of nitrogens with one attached hydrogen (secondary N) is 1. The number of hydrogen-bond donors (Lipinski definition) is 2. The molecule has 1 aliphatic heterocycles. The summed E-state index contributed by atoms with van der Waals surface area (Å²) in [4.78, 5) is 15.2. The fourth-order valence-electron chi connectivity index (χ4n) is 1.77. The van der Waals surface area contributed by atoms with Crippen LogP contribution in [-0.4, -0.2) is 29.7 Å². The van der Waals surface area contributed by atoms with Crippen LogP contribution in [0.2, 0.25) is 5.02 Å². The highest BCUT2D eigenvalue weighted by Crippen LogP contribution is 2.21. The van der Waals surface area contributed by atoms with Gasteiger partial charge in [0.15, 0.2) is 0 Å². The Labute approximate surface area is 109 Å². The van der Waals surface area contributed by atoms with E-state index < -0.39 is 6.10 Å². The lowest BCUT2D eigenvalue weighted by Gasteiger charge is -2.13. The van der Waals surface area contributed by atoms with Gasteiger partial charge < -0.3 is 9.47 Å². The molecule has 6 nitrogen and oxygen atoms in total. The number of pyridine rings is 1. The van der Waals surface area contributed by atoms with E-state index in [0.717, 1.165) is 6.42 Å². The third kappa shape index (κ3) is 3.32. The van der Waals surface area contributed by atoms with Gasteiger partial charge in [-0.25, -0.2) is 5.84 Å². The number of halogens is 1. The molecule has 0 aromatic carbocycles. The minimum absolute atomic E-state index is 0.119. The molecule has 2 heterocycles. The van der Waals surface area contributed by atoms with Crippen molar-refractivity contribution in [2.45, 2.75) is 25.0 Å². The summed E-state index contributed by atoms with van der Waals surface area (Å²) in [6.07, 6.45) is 3.90. The number of carbonyl (C=O) groups is 1. The highest BCUT2D eigenvalue weighted by Gasteiger charge is 2.30. The largest absolute Gasteiger partial charge is 0.489 e. The predicted octanol–water partition coefficient (Wildman–Crippen LogP) is 0.651. The average Bonchev–Trinajstić information content (AvgIpc) is 2.84. The van der Waals surface area contributed by atoms with Crippen molar-refractivity contribution in [3.05, 3.63) is 23.5 Å². The summed E-state index contributed by atoms with van der Waals surface area (Å²) >= 11 is 5.78. The molecule has 1 fully saturated rings. The van der Waals surface area contributed by atoms with Crippen molar-refractivity contribution in [2.75, 3.05) is 6.61 Å². The molecule has 2 rings (SSSR count). The standard InChI is InChI=1S/C11H14ClN3O3/c12-7-3-9(5-14-4-7)17-6-8-1-2-10(18-8)11(16)15-13/h3-5,8,10H,1-2,6,13H2,(H,15,16). The van der Waals surface area contributed by atoms with E-state index in [2.05, 4.69) is 10.4 Å². The highest BCUT2D eigenvalue weighted by molar-refractivity contribution is 6.30. The van der Waals surface area contributed by atoms with Crippen LogP contribution in [0.25, 0.3) is 0 Å². The Morgan fingerprint density at radius 3 is 3.17 bits per heavy atom. The first kappa shape index (κ1) is 13.1. The lowest BCUT2D eigenvalue weighted by atomic mass is 10.2. The molecular weight excluding hydrogens is 258 g/mol. The number of hydrazine groups is 1. The lowest BCUT2D eigenvalue weighted by Crippen LogP contribution is -2.39. The zero-order chi connectivity index (χ0) is 13.0. The molecule has 1 aromatic rings. The van der Waals surface area contributed by atoms with Gasteiger partial charge in [0, 0.05) is 12.3 Å². The van der Waals surface area contributed by atoms with E-state index in [1.165, 1.54) is 6.20 Å². The molecule has 1 saturated heterocycles. The van der Waals surface area contributed by atoms with E-state index in [-0.39, 0.29) is 12.0 Å². The molecule has 2 atom stereocenters. The van der Waals surface area contributed by atoms with E-state index in [1.807, 2.05) is 0 Å². The maximum Gasteiger partial charge on any atom is 0.263 e. The summed E-state index contributed by atoms with van der Waals surface area (Å²) < 4.78 is 11.0. The van der Waals surface area contributed by atoms with Crippen LogP contribution < -0.4 is 16.0 Å². The minimum Gasteiger partial charge on any atom is -0.489 e. The third-order valence-corrected chi connectivity index (χ3v) is 2.86. The Morgan fingerprint density at radius 1 is 1.61 bits per heavy atom. The van der Waals surface area contributed by atoms with Crippen molar-refractivity contribution in [3.8, 4) is 5.75 Å². The molecule has 1 aromatic heterocycles. The number of carbonyl (C=O) groups excluding carboxylic acids is 1. The third-order valence-electron chi connectivity index (χ3n) is 2.66. The van der Waals surface area contributed by atoms with Gasteiger partial charge in [-0.2, -0.15) is 0 Å². The Bertz CT molecular complexity index is 430. The Kier molecular flexibility index (Phi) is 4.35. The van der Waals surface area contributed by atoms with E-state index in [9.17, 15) is 4.79 Å². The topological polar surface area (TPSA) is 86.5 Å². The van der Waals surface area contributed by atoms with Gasteiger partial charge in [0.25, 0.3) is 5.91 Å². The second-order valence-electron chi connectivity index (χ2n) is 3.98. The molecule has 0 aliphatic carbocycles. The summed E-state index contributed by atoms with van der Waals surface area (Å²) in [5.74, 6) is 5.32. The van der Waals surface area contributed by atoms with Gasteiger partial charge in [0.05, 0.1) is 17.3 Å². The molecule has 0 spiro atoms. The van der Waals surface area contributed by atoms with Crippen LogP contribution in [0.5, 0.6) is 5.75 Å². The number of nitrogens with two attached hydrogens (primary N) is 1. The summed E-state index contributed by atoms with van der Waals surface area (Å²) in [6, 6.07) is 1.67. The number of nitrogens with zero attached hydrogens (tertiary/aromatic N) is 1. The van der Waals surface area contributed by atoms with Crippen LogP contribution in [-0.2, 0) is 9.53 Å². The van der Waals surface area contributed by atoms with Gasteiger partial charge in [-0.05, 0) is 12.8 Å². The van der Waals surface area contributed by atoms with Crippen molar-refractivity contribution in [3.63, 3.8) is 0 Å². The normalized spacial score (nSPS) is 22.8. The number of amides is 1. The summed E-state index contributed by atoms with van der Waals surface area (Å²) in [5, 5.41) is 0.514. The number of hydrogen-bond acceptors (Lipinski definition) is 5. The van der Waals surface area contributed by atoms with E-state index in [0.29, 0.717) is 23.8 Å². The first-order valence-corrected chi connectivity index (χ1v) is 5.96. The Balaban J connectivity index is 1.80. The zero-order valence-electron chi connectivity index (χ0n) is 9.64. The van der Waals surface area contributed by atoms with Crippen molar-refractivity contribution in [1.82, 2.24) is 10.4 Å². The predicted molar refractivity (Wildman–Crippen MR) is 65.0 cm³/mol. The fraction of sp³-hybridized carbons (Fsp3) is 0.455. The summed E-state index contributed by atoms with van der Waals surface area (Å²) in [5.41, 5.74) is 2.08. The monoisotopic (exact) mass is 271 g/mol.